The van der Waals surface area contributed by atoms with Crippen molar-refractivity contribution in [2.24, 2.45) is 5.84 Å². The number of carbonyl (C=O) groups is 1. The molecule has 4 nitrogen and oxygen atoms in total. The van der Waals surface area contributed by atoms with Gasteiger partial charge in [-0.05, 0) is 24.3 Å². The van der Waals surface area contributed by atoms with E-state index in [1.165, 1.54) is 4.90 Å². The van der Waals surface area contributed by atoms with Crippen molar-refractivity contribution in [1.82, 2.24) is 0 Å². The molecule has 0 atom stereocenters. The average molecular weight is 165 g/mol. The molecular formula is C8H11N3O. The van der Waals surface area contributed by atoms with E-state index in [0.717, 1.165) is 17.8 Å². The third kappa shape index (κ3) is 1.73. The third-order valence-corrected chi connectivity index (χ3v) is 1.60. The number of hydrogen-bond acceptors (Lipinski definition) is 3. The van der Waals surface area contributed by atoms with Crippen LogP contribution < -0.4 is 16.2 Å². The Hall–Kier alpha value is -1.55. The molecule has 0 heterocycles. The third-order valence-electron chi connectivity index (χ3n) is 1.60. The monoisotopic (exact) mass is 165 g/mol. The summed E-state index contributed by atoms with van der Waals surface area (Å²) >= 11 is 0. The Morgan fingerprint density at radius 1 is 1.42 bits per heavy atom. The van der Waals surface area contributed by atoms with Crippen LogP contribution in [0.2, 0.25) is 0 Å². The van der Waals surface area contributed by atoms with Crippen molar-refractivity contribution in [2.45, 2.75) is 0 Å². The van der Waals surface area contributed by atoms with Gasteiger partial charge in [0.15, 0.2) is 0 Å². The highest BCUT2D eigenvalue weighted by atomic mass is 16.1. The molecule has 0 aromatic heterocycles. The minimum atomic E-state index is 0.755. The second kappa shape index (κ2) is 3.73. The van der Waals surface area contributed by atoms with E-state index in [0.29, 0.717) is 0 Å². The number of nitrogens with two attached hydrogens (primary N) is 1. The largest absolute Gasteiger partial charge is 0.324 e. The van der Waals surface area contributed by atoms with Gasteiger partial charge >= 0.3 is 0 Å². The second-order valence-corrected chi connectivity index (χ2v) is 2.41. The average Bonchev–Trinajstić information content (AvgIpc) is 2.17. The van der Waals surface area contributed by atoms with Crippen LogP contribution in [0, 0.1) is 0 Å². The first kappa shape index (κ1) is 8.55. The fourth-order valence-electron chi connectivity index (χ4n) is 0.854. The van der Waals surface area contributed by atoms with Gasteiger partial charge < -0.3 is 10.3 Å². The molecule has 0 unspecified atom stereocenters. The van der Waals surface area contributed by atoms with E-state index in [9.17, 15) is 4.79 Å². The number of nitrogens with one attached hydrogen (secondary N) is 1. The highest BCUT2D eigenvalue weighted by molar-refractivity contribution is 5.74. The van der Waals surface area contributed by atoms with Gasteiger partial charge in [0.1, 0.15) is 0 Å². The van der Waals surface area contributed by atoms with E-state index in [1.807, 2.05) is 12.1 Å². The lowest BCUT2D eigenvalue weighted by molar-refractivity contribution is -0.107. The maximum atomic E-state index is 10.3. The molecule has 3 N–H and O–H groups in total. The molecule has 0 aliphatic rings. The van der Waals surface area contributed by atoms with Gasteiger partial charge in [-0.25, -0.2) is 0 Å². The van der Waals surface area contributed by atoms with E-state index in [1.54, 1.807) is 19.2 Å². The van der Waals surface area contributed by atoms with Crippen molar-refractivity contribution in [3.63, 3.8) is 0 Å². The SMILES string of the molecule is CN(C=O)c1ccc(NN)cc1. The Balaban J connectivity index is 2.84. The van der Waals surface area contributed by atoms with Gasteiger partial charge in [0.25, 0.3) is 0 Å². The Kier molecular flexibility index (Phi) is 2.66. The number of nitrogen functional groups attached to an aromatic ring is 1. The summed E-state index contributed by atoms with van der Waals surface area (Å²) in [5.41, 5.74) is 4.16. The first-order valence-electron chi connectivity index (χ1n) is 3.52. The van der Waals surface area contributed by atoms with Crippen LogP contribution in [0.3, 0.4) is 0 Å². The zero-order valence-corrected chi connectivity index (χ0v) is 6.82. The smallest absolute Gasteiger partial charge is 0.213 e. The minimum absolute atomic E-state index is 0.755. The van der Waals surface area contributed by atoms with Crippen LogP contribution in [0.4, 0.5) is 11.4 Å². The summed E-state index contributed by atoms with van der Waals surface area (Å²) in [4.78, 5) is 11.8. The van der Waals surface area contributed by atoms with Crippen LogP contribution in [0.25, 0.3) is 0 Å². The number of benzene rings is 1. The van der Waals surface area contributed by atoms with Crippen molar-refractivity contribution in [2.75, 3.05) is 17.4 Å². The summed E-state index contributed by atoms with van der Waals surface area (Å²) in [7, 11) is 1.69. The fraction of sp³-hybridized carbons (Fsp3) is 0.125. The Morgan fingerprint density at radius 2 is 2.00 bits per heavy atom. The lowest BCUT2D eigenvalue weighted by atomic mass is 10.3. The number of rotatable bonds is 3. The summed E-state index contributed by atoms with van der Waals surface area (Å²) in [6, 6.07) is 7.22. The molecule has 0 spiro atoms. The number of carbonyl (C=O) groups excluding carboxylic acids is 1. The normalized spacial score (nSPS) is 9.17. The standard InChI is InChI=1S/C8H11N3O/c1-11(6-12)8-4-2-7(10-9)3-5-8/h2-6,10H,9H2,1H3. The fourth-order valence-corrected chi connectivity index (χ4v) is 0.854. The van der Waals surface area contributed by atoms with Crippen LogP contribution in [0.1, 0.15) is 0 Å². The van der Waals surface area contributed by atoms with Crippen LogP contribution in [-0.4, -0.2) is 13.5 Å². The summed E-state index contributed by atoms with van der Waals surface area (Å²) in [6.45, 7) is 0. The van der Waals surface area contributed by atoms with Gasteiger partial charge in [-0.3, -0.25) is 10.6 Å². The van der Waals surface area contributed by atoms with Gasteiger partial charge in [-0.2, -0.15) is 0 Å². The summed E-state index contributed by atoms with van der Waals surface area (Å²) in [5, 5.41) is 0. The molecule has 0 radical (unpaired) electrons. The molecule has 0 saturated heterocycles. The molecule has 0 aliphatic carbocycles. The highest BCUT2D eigenvalue weighted by Crippen LogP contribution is 2.14. The lowest BCUT2D eigenvalue weighted by Crippen LogP contribution is -2.13. The molecule has 0 aliphatic heterocycles. The first-order chi connectivity index (χ1) is 5.77. The van der Waals surface area contributed by atoms with Gasteiger partial charge in [0.05, 0.1) is 0 Å². The van der Waals surface area contributed by atoms with Crippen molar-refractivity contribution in [1.29, 1.82) is 0 Å². The number of hydrogen-bond donors (Lipinski definition) is 2. The van der Waals surface area contributed by atoms with E-state index in [2.05, 4.69) is 5.43 Å². The lowest BCUT2D eigenvalue weighted by Gasteiger charge is -2.10. The Labute approximate surface area is 70.9 Å². The molecule has 0 fully saturated rings. The molecule has 64 valence electrons. The number of amides is 1. The summed E-state index contributed by atoms with van der Waals surface area (Å²) in [5.74, 6) is 5.18. The van der Waals surface area contributed by atoms with Crippen LogP contribution in [-0.2, 0) is 4.79 Å². The zero-order valence-electron chi connectivity index (χ0n) is 6.82. The Bertz CT molecular complexity index is 258. The summed E-state index contributed by atoms with van der Waals surface area (Å²) in [6.07, 6.45) is 0.755. The maximum Gasteiger partial charge on any atom is 0.213 e. The molecule has 1 aromatic rings. The quantitative estimate of drug-likeness (QED) is 0.391. The molecular weight excluding hydrogens is 154 g/mol. The van der Waals surface area contributed by atoms with Crippen molar-refractivity contribution >= 4 is 17.8 Å². The minimum Gasteiger partial charge on any atom is -0.324 e. The molecule has 12 heavy (non-hydrogen) atoms. The number of nitrogens with zero attached hydrogens (tertiary/aromatic N) is 1. The van der Waals surface area contributed by atoms with Crippen LogP contribution in [0.15, 0.2) is 24.3 Å². The van der Waals surface area contributed by atoms with Gasteiger partial charge in [-0.15, -0.1) is 0 Å². The van der Waals surface area contributed by atoms with Gasteiger partial charge in [0.2, 0.25) is 6.41 Å². The predicted octanol–water partition coefficient (Wildman–Crippen LogP) is 0.565. The van der Waals surface area contributed by atoms with Crippen molar-refractivity contribution in [3.05, 3.63) is 24.3 Å². The highest BCUT2D eigenvalue weighted by Gasteiger charge is 1.96. The molecule has 0 bridgehead atoms. The predicted molar refractivity (Wildman–Crippen MR) is 48.7 cm³/mol. The van der Waals surface area contributed by atoms with E-state index >= 15 is 0 Å². The Morgan fingerprint density at radius 3 is 2.42 bits per heavy atom. The first-order valence-corrected chi connectivity index (χ1v) is 3.52. The van der Waals surface area contributed by atoms with E-state index in [-0.39, 0.29) is 0 Å². The van der Waals surface area contributed by atoms with Crippen molar-refractivity contribution < 1.29 is 4.79 Å². The molecule has 4 heteroatoms. The van der Waals surface area contributed by atoms with Crippen LogP contribution in [0.5, 0.6) is 0 Å². The topological polar surface area (TPSA) is 58.4 Å². The van der Waals surface area contributed by atoms with Crippen molar-refractivity contribution in [3.8, 4) is 0 Å². The van der Waals surface area contributed by atoms with E-state index in [4.69, 9.17) is 5.84 Å². The summed E-state index contributed by atoms with van der Waals surface area (Å²) < 4.78 is 0. The molecule has 1 aromatic carbocycles. The second-order valence-electron chi connectivity index (χ2n) is 2.41. The maximum absolute atomic E-state index is 10.3. The molecule has 1 amide bonds. The van der Waals surface area contributed by atoms with Crippen LogP contribution >= 0.6 is 0 Å². The molecule has 1 rings (SSSR count). The zero-order chi connectivity index (χ0) is 8.97. The molecule has 0 saturated carbocycles. The number of hydrazine groups is 1. The van der Waals surface area contributed by atoms with Gasteiger partial charge in [0, 0.05) is 18.4 Å². The number of anilines is 2. The van der Waals surface area contributed by atoms with E-state index < -0.39 is 0 Å². The van der Waals surface area contributed by atoms with Gasteiger partial charge in [-0.1, -0.05) is 0 Å².